The summed E-state index contributed by atoms with van der Waals surface area (Å²) in [5.74, 6) is -0.0248. The van der Waals surface area contributed by atoms with Gasteiger partial charge in [0, 0.05) is 25.1 Å². The highest BCUT2D eigenvalue weighted by molar-refractivity contribution is 5.94. The number of amides is 2. The van der Waals surface area contributed by atoms with E-state index >= 15 is 0 Å². The van der Waals surface area contributed by atoms with E-state index in [4.69, 9.17) is 0 Å². The van der Waals surface area contributed by atoms with Crippen molar-refractivity contribution in [2.75, 3.05) is 20.1 Å². The van der Waals surface area contributed by atoms with Crippen molar-refractivity contribution in [3.8, 4) is 0 Å². The Hall–Kier alpha value is -1.59. The fourth-order valence-electron chi connectivity index (χ4n) is 1.75. The SMILES string of the molecule is CCNC(=O)c1ccc(CNC(=O)CCCNC)cc1.Cl. The van der Waals surface area contributed by atoms with E-state index in [9.17, 15) is 9.59 Å². The molecule has 2 amide bonds. The van der Waals surface area contributed by atoms with Gasteiger partial charge < -0.3 is 16.0 Å². The van der Waals surface area contributed by atoms with Crippen LogP contribution in [0.2, 0.25) is 0 Å². The molecule has 0 unspecified atom stereocenters. The Morgan fingerprint density at radius 3 is 2.33 bits per heavy atom. The number of halogens is 1. The van der Waals surface area contributed by atoms with E-state index in [1.54, 1.807) is 12.1 Å². The van der Waals surface area contributed by atoms with Crippen molar-refractivity contribution in [3.63, 3.8) is 0 Å². The number of carbonyl (C=O) groups is 2. The molecule has 0 saturated heterocycles. The molecule has 0 aliphatic rings. The molecule has 0 spiro atoms. The summed E-state index contributed by atoms with van der Waals surface area (Å²) in [7, 11) is 1.87. The summed E-state index contributed by atoms with van der Waals surface area (Å²) in [6.45, 7) is 3.84. The van der Waals surface area contributed by atoms with Crippen LogP contribution in [0.5, 0.6) is 0 Å². The minimum Gasteiger partial charge on any atom is -0.352 e. The second kappa shape index (κ2) is 11.1. The lowest BCUT2D eigenvalue weighted by Crippen LogP contribution is -2.24. The van der Waals surface area contributed by atoms with Gasteiger partial charge in [0.05, 0.1) is 0 Å². The van der Waals surface area contributed by atoms with Crippen LogP contribution in [-0.4, -0.2) is 32.0 Å². The molecule has 3 N–H and O–H groups in total. The number of carbonyl (C=O) groups excluding carboxylic acids is 2. The zero-order valence-corrected chi connectivity index (χ0v) is 13.4. The number of hydrogen-bond donors (Lipinski definition) is 3. The van der Waals surface area contributed by atoms with Gasteiger partial charge in [0.1, 0.15) is 0 Å². The lowest BCUT2D eigenvalue weighted by Gasteiger charge is -2.07. The molecule has 5 nitrogen and oxygen atoms in total. The molecule has 0 heterocycles. The Labute approximate surface area is 132 Å². The summed E-state index contributed by atoms with van der Waals surface area (Å²) in [5.41, 5.74) is 1.62. The van der Waals surface area contributed by atoms with Gasteiger partial charge in [-0.3, -0.25) is 9.59 Å². The predicted molar refractivity (Wildman–Crippen MR) is 86.7 cm³/mol. The van der Waals surface area contributed by atoms with Gasteiger partial charge in [-0.25, -0.2) is 0 Å². The summed E-state index contributed by atoms with van der Waals surface area (Å²) in [5, 5.41) is 8.62. The number of nitrogens with one attached hydrogen (secondary N) is 3. The van der Waals surface area contributed by atoms with Gasteiger partial charge in [0.2, 0.25) is 5.91 Å². The fraction of sp³-hybridized carbons (Fsp3) is 0.467. The molecule has 0 radical (unpaired) electrons. The van der Waals surface area contributed by atoms with Crippen LogP contribution in [0.1, 0.15) is 35.7 Å². The summed E-state index contributed by atoms with van der Waals surface area (Å²) >= 11 is 0. The quantitative estimate of drug-likeness (QED) is 0.637. The van der Waals surface area contributed by atoms with Gasteiger partial charge in [-0.15, -0.1) is 12.4 Å². The molecule has 1 rings (SSSR count). The van der Waals surface area contributed by atoms with Crippen LogP contribution in [0.15, 0.2) is 24.3 Å². The second-order valence-electron chi connectivity index (χ2n) is 4.54. The highest BCUT2D eigenvalue weighted by Crippen LogP contribution is 2.04. The smallest absolute Gasteiger partial charge is 0.251 e. The Morgan fingerprint density at radius 1 is 1.10 bits per heavy atom. The Balaban J connectivity index is 0.00000400. The van der Waals surface area contributed by atoms with E-state index in [1.807, 2.05) is 26.1 Å². The monoisotopic (exact) mass is 313 g/mol. The highest BCUT2D eigenvalue weighted by Gasteiger charge is 2.04. The summed E-state index contributed by atoms with van der Waals surface area (Å²) in [4.78, 5) is 23.1. The van der Waals surface area contributed by atoms with Crippen molar-refractivity contribution in [2.24, 2.45) is 0 Å². The standard InChI is InChI=1S/C15H23N3O2.ClH/c1-3-17-15(20)13-8-6-12(7-9-13)11-18-14(19)5-4-10-16-2;/h6-9,16H,3-5,10-11H2,1-2H3,(H,17,20)(H,18,19);1H. The summed E-state index contributed by atoms with van der Waals surface area (Å²) < 4.78 is 0. The predicted octanol–water partition coefficient (Wildman–Crippen LogP) is 1.47. The van der Waals surface area contributed by atoms with Gasteiger partial charge >= 0.3 is 0 Å². The maximum atomic E-state index is 11.6. The molecule has 118 valence electrons. The molecule has 0 saturated carbocycles. The van der Waals surface area contributed by atoms with Crippen molar-refractivity contribution < 1.29 is 9.59 Å². The van der Waals surface area contributed by atoms with Crippen LogP contribution < -0.4 is 16.0 Å². The fourth-order valence-corrected chi connectivity index (χ4v) is 1.75. The molecule has 21 heavy (non-hydrogen) atoms. The zero-order valence-electron chi connectivity index (χ0n) is 12.6. The minimum atomic E-state index is -0.0739. The molecule has 0 aliphatic heterocycles. The average molecular weight is 314 g/mol. The van der Waals surface area contributed by atoms with Crippen molar-refractivity contribution in [2.45, 2.75) is 26.3 Å². The molecule has 1 aromatic carbocycles. The first-order valence-corrected chi connectivity index (χ1v) is 6.95. The van der Waals surface area contributed by atoms with Crippen LogP contribution in [0, 0.1) is 0 Å². The van der Waals surface area contributed by atoms with Crippen LogP contribution in [0.25, 0.3) is 0 Å². The second-order valence-corrected chi connectivity index (χ2v) is 4.54. The zero-order chi connectivity index (χ0) is 14.8. The van der Waals surface area contributed by atoms with Gasteiger partial charge in [0.25, 0.3) is 5.91 Å². The minimum absolute atomic E-state index is 0. The molecular weight excluding hydrogens is 290 g/mol. The maximum absolute atomic E-state index is 11.6. The van der Waals surface area contributed by atoms with Crippen LogP contribution in [0.3, 0.4) is 0 Å². The Kier molecular flexibility index (Phi) is 10.3. The van der Waals surface area contributed by atoms with Crippen LogP contribution in [0.4, 0.5) is 0 Å². The number of rotatable bonds is 8. The first kappa shape index (κ1) is 19.4. The summed E-state index contributed by atoms with van der Waals surface area (Å²) in [6.07, 6.45) is 1.36. The third-order valence-corrected chi connectivity index (χ3v) is 2.87. The van der Waals surface area contributed by atoms with Gasteiger partial charge in [-0.05, 0) is 44.6 Å². The molecule has 0 aliphatic carbocycles. The van der Waals surface area contributed by atoms with E-state index in [0.717, 1.165) is 18.5 Å². The van der Waals surface area contributed by atoms with E-state index in [2.05, 4.69) is 16.0 Å². The van der Waals surface area contributed by atoms with E-state index in [1.165, 1.54) is 0 Å². The van der Waals surface area contributed by atoms with Crippen molar-refractivity contribution in [3.05, 3.63) is 35.4 Å². The van der Waals surface area contributed by atoms with Crippen molar-refractivity contribution in [1.82, 2.24) is 16.0 Å². The normalized spacial score (nSPS) is 9.62. The van der Waals surface area contributed by atoms with Crippen molar-refractivity contribution >= 4 is 24.2 Å². The molecule has 0 aromatic heterocycles. The van der Waals surface area contributed by atoms with Gasteiger partial charge in [-0.1, -0.05) is 12.1 Å². The topological polar surface area (TPSA) is 70.2 Å². The van der Waals surface area contributed by atoms with Crippen LogP contribution >= 0.6 is 12.4 Å². The number of hydrogen-bond acceptors (Lipinski definition) is 3. The molecule has 0 fully saturated rings. The largest absolute Gasteiger partial charge is 0.352 e. The Bertz CT molecular complexity index is 435. The van der Waals surface area contributed by atoms with E-state index in [0.29, 0.717) is 25.1 Å². The highest BCUT2D eigenvalue weighted by atomic mass is 35.5. The molecule has 6 heteroatoms. The van der Waals surface area contributed by atoms with Gasteiger partial charge in [0.15, 0.2) is 0 Å². The Morgan fingerprint density at radius 2 is 1.76 bits per heavy atom. The third kappa shape index (κ3) is 7.68. The van der Waals surface area contributed by atoms with E-state index in [-0.39, 0.29) is 24.2 Å². The maximum Gasteiger partial charge on any atom is 0.251 e. The van der Waals surface area contributed by atoms with Crippen molar-refractivity contribution in [1.29, 1.82) is 0 Å². The lowest BCUT2D eigenvalue weighted by molar-refractivity contribution is -0.121. The molecule has 0 bridgehead atoms. The molecular formula is C15H24ClN3O2. The lowest BCUT2D eigenvalue weighted by atomic mass is 10.1. The van der Waals surface area contributed by atoms with Crippen LogP contribution in [-0.2, 0) is 11.3 Å². The molecule has 1 aromatic rings. The first-order chi connectivity index (χ1) is 9.67. The molecule has 0 atom stereocenters. The first-order valence-electron chi connectivity index (χ1n) is 6.95. The van der Waals surface area contributed by atoms with Gasteiger partial charge in [-0.2, -0.15) is 0 Å². The third-order valence-electron chi connectivity index (χ3n) is 2.87. The average Bonchev–Trinajstić information content (AvgIpc) is 2.46. The van der Waals surface area contributed by atoms with E-state index < -0.39 is 0 Å². The number of benzene rings is 1. The summed E-state index contributed by atoms with van der Waals surface area (Å²) in [6, 6.07) is 7.26.